The van der Waals surface area contributed by atoms with Crippen molar-refractivity contribution in [3.63, 3.8) is 0 Å². The fraction of sp³-hybridized carbons (Fsp3) is 0.231. The highest BCUT2D eigenvalue weighted by Crippen LogP contribution is 2.51. The molecule has 7 heteroatoms. The van der Waals surface area contributed by atoms with Gasteiger partial charge in [-0.2, -0.15) is 0 Å². The van der Waals surface area contributed by atoms with Gasteiger partial charge in [-0.15, -0.1) is 0 Å². The van der Waals surface area contributed by atoms with Crippen LogP contribution in [0.1, 0.15) is 31.7 Å². The Morgan fingerprint density at radius 3 is 1.76 bits per heavy atom. The third-order valence-corrected chi connectivity index (χ3v) is 7.13. The van der Waals surface area contributed by atoms with Gasteiger partial charge in [0.15, 0.2) is 0 Å². The first-order valence-electron chi connectivity index (χ1n) is 10.7. The molecule has 3 aromatic rings. The lowest BCUT2D eigenvalue weighted by Crippen LogP contribution is -2.07. The van der Waals surface area contributed by atoms with E-state index in [1.807, 2.05) is 30.3 Å². The smallest absolute Gasteiger partial charge is 0.434 e. The van der Waals surface area contributed by atoms with Gasteiger partial charge in [-0.1, -0.05) is 60.3 Å². The largest absolute Gasteiger partial charge is 0.497 e. The Kier molecular flexibility index (Phi) is 9.31. The van der Waals surface area contributed by atoms with E-state index in [-0.39, 0.29) is 6.16 Å². The first kappa shape index (κ1) is 25.2. The van der Waals surface area contributed by atoms with Crippen LogP contribution in [-0.2, 0) is 4.57 Å². The van der Waals surface area contributed by atoms with Gasteiger partial charge in [0, 0.05) is 10.0 Å². The van der Waals surface area contributed by atoms with Crippen LogP contribution >= 0.6 is 30.8 Å². The molecule has 0 fully saturated rings. The maximum atomic E-state index is 14.0. The summed E-state index contributed by atoms with van der Waals surface area (Å²) in [7, 11) is -1.99. The number of rotatable bonds is 11. The summed E-state index contributed by atoms with van der Waals surface area (Å²) in [5.74, 6) is 1.64. The normalized spacial score (nSPS) is 11.8. The molecule has 0 aromatic heterocycles. The topological polar surface area (TPSA) is 44.8 Å². The van der Waals surface area contributed by atoms with Crippen molar-refractivity contribution < 1.29 is 18.3 Å². The molecule has 4 nitrogen and oxygen atoms in total. The van der Waals surface area contributed by atoms with Crippen LogP contribution in [0.15, 0.2) is 78.4 Å². The number of ether oxygens (including phenoxy) is 1. The van der Waals surface area contributed by atoms with Crippen molar-refractivity contribution in [2.45, 2.75) is 26.2 Å². The monoisotopic (exact) mass is 504 g/mol. The molecule has 0 radical (unpaired) electrons. The molecule has 0 saturated heterocycles. The summed E-state index contributed by atoms with van der Waals surface area (Å²) in [5, 5.41) is 1.14. The molecule has 0 aliphatic rings. The number of unbranched alkanes of at least 4 members (excludes halogenated alkanes) is 1. The van der Waals surface area contributed by atoms with E-state index in [2.05, 4.69) is 6.92 Å². The minimum Gasteiger partial charge on any atom is -0.497 e. The molecule has 0 atom stereocenters. The summed E-state index contributed by atoms with van der Waals surface area (Å²) in [6.07, 6.45) is 4.94. The quantitative estimate of drug-likeness (QED) is 0.244. The second-order valence-electron chi connectivity index (χ2n) is 7.54. The molecule has 33 heavy (non-hydrogen) atoms. The molecular weight excluding hydrogens is 478 g/mol. The zero-order valence-corrected chi connectivity index (χ0v) is 21.1. The van der Waals surface area contributed by atoms with Crippen molar-refractivity contribution >= 4 is 36.9 Å². The molecule has 0 aliphatic heterocycles. The molecule has 0 heterocycles. The van der Waals surface area contributed by atoms with Crippen molar-refractivity contribution in [3.8, 4) is 17.2 Å². The van der Waals surface area contributed by atoms with Gasteiger partial charge < -0.3 is 13.8 Å². The zero-order valence-electron chi connectivity index (χ0n) is 18.7. The van der Waals surface area contributed by atoms with Crippen LogP contribution in [0.5, 0.6) is 17.2 Å². The predicted molar refractivity (Wildman–Crippen MR) is 137 cm³/mol. The first-order valence-corrected chi connectivity index (χ1v) is 13.2. The van der Waals surface area contributed by atoms with Gasteiger partial charge in [-0.25, -0.2) is 4.57 Å². The maximum Gasteiger partial charge on any atom is 0.434 e. The molecule has 3 aromatic carbocycles. The van der Waals surface area contributed by atoms with Gasteiger partial charge >= 0.3 is 7.60 Å². The van der Waals surface area contributed by atoms with E-state index in [0.717, 1.165) is 36.1 Å². The summed E-state index contributed by atoms with van der Waals surface area (Å²) in [5.41, 5.74) is 1.97. The minimum atomic E-state index is -3.62. The molecule has 0 amide bonds. The molecule has 0 unspecified atom stereocenters. The Morgan fingerprint density at radius 1 is 0.818 bits per heavy atom. The van der Waals surface area contributed by atoms with Gasteiger partial charge in [-0.3, -0.25) is 0 Å². The Bertz CT molecular complexity index is 1040. The number of hydrogen-bond donors (Lipinski definition) is 0. The van der Waals surface area contributed by atoms with E-state index >= 15 is 0 Å². The van der Waals surface area contributed by atoms with Crippen LogP contribution in [-0.4, -0.2) is 13.3 Å². The Balaban J connectivity index is 1.92. The number of benzene rings is 3. The van der Waals surface area contributed by atoms with Gasteiger partial charge in [0.05, 0.1) is 13.3 Å². The molecule has 0 bridgehead atoms. The maximum absolute atomic E-state index is 14.0. The lowest BCUT2D eigenvalue weighted by atomic mass is 10.1. The van der Waals surface area contributed by atoms with Gasteiger partial charge in [0.2, 0.25) is 0 Å². The van der Waals surface area contributed by atoms with E-state index < -0.39 is 7.60 Å². The summed E-state index contributed by atoms with van der Waals surface area (Å²) < 4.78 is 31.2. The molecule has 3 rings (SSSR count). The van der Waals surface area contributed by atoms with Gasteiger partial charge in [-0.05, 0) is 79.1 Å². The predicted octanol–water partition coefficient (Wildman–Crippen LogP) is 8.93. The fourth-order valence-corrected chi connectivity index (χ4v) is 5.23. The van der Waals surface area contributed by atoms with E-state index in [1.165, 1.54) is 0 Å². The van der Waals surface area contributed by atoms with Crippen LogP contribution in [0.4, 0.5) is 0 Å². The standard InChI is InChI=1S/C26H27Cl2O4P/c1-3-4-5-21(18-20-6-12-24(30-2)13-7-20)19-33(29,31-25-14-8-22(27)9-15-25)32-26-16-10-23(28)11-17-26/h6-18H,3-5,19H2,1-2H3/b21-18+. The van der Waals surface area contributed by atoms with Crippen LogP contribution in [0.3, 0.4) is 0 Å². The van der Waals surface area contributed by atoms with Gasteiger partial charge in [0.1, 0.15) is 17.2 Å². The molecule has 174 valence electrons. The van der Waals surface area contributed by atoms with Crippen LogP contribution in [0, 0.1) is 0 Å². The Hall–Kier alpha value is -2.39. The zero-order chi connectivity index (χ0) is 23.7. The fourth-order valence-electron chi connectivity index (χ4n) is 3.18. The number of allylic oxidation sites excluding steroid dienone is 1. The Labute approximate surface area is 205 Å². The highest BCUT2D eigenvalue weighted by Gasteiger charge is 2.30. The van der Waals surface area contributed by atoms with Crippen molar-refractivity contribution in [1.82, 2.24) is 0 Å². The van der Waals surface area contributed by atoms with Crippen LogP contribution in [0.25, 0.3) is 6.08 Å². The first-order chi connectivity index (χ1) is 15.9. The van der Waals surface area contributed by atoms with Crippen molar-refractivity contribution in [3.05, 3.63) is 94.0 Å². The molecular formula is C26H27Cl2O4P. The van der Waals surface area contributed by atoms with E-state index in [9.17, 15) is 4.57 Å². The van der Waals surface area contributed by atoms with Crippen LogP contribution < -0.4 is 13.8 Å². The third kappa shape index (κ3) is 8.16. The average molecular weight is 505 g/mol. The molecule has 0 aliphatic carbocycles. The van der Waals surface area contributed by atoms with E-state index in [0.29, 0.717) is 21.5 Å². The second-order valence-corrected chi connectivity index (χ2v) is 10.3. The van der Waals surface area contributed by atoms with E-state index in [4.69, 9.17) is 37.0 Å². The minimum absolute atomic E-state index is 0.143. The average Bonchev–Trinajstić information content (AvgIpc) is 2.81. The van der Waals surface area contributed by atoms with Crippen molar-refractivity contribution in [2.24, 2.45) is 0 Å². The lowest BCUT2D eigenvalue weighted by Gasteiger charge is -2.22. The van der Waals surface area contributed by atoms with Crippen molar-refractivity contribution in [1.29, 1.82) is 0 Å². The van der Waals surface area contributed by atoms with Gasteiger partial charge in [0.25, 0.3) is 0 Å². The van der Waals surface area contributed by atoms with Crippen molar-refractivity contribution in [2.75, 3.05) is 13.3 Å². The van der Waals surface area contributed by atoms with E-state index in [1.54, 1.807) is 55.6 Å². The lowest BCUT2D eigenvalue weighted by molar-refractivity contribution is 0.388. The summed E-state index contributed by atoms with van der Waals surface area (Å²) in [4.78, 5) is 0. The second kappa shape index (κ2) is 12.2. The number of halogens is 2. The molecule has 0 spiro atoms. The molecule has 0 saturated carbocycles. The summed E-state index contributed by atoms with van der Waals surface area (Å²) in [6.45, 7) is 2.12. The molecule has 0 N–H and O–H groups in total. The number of hydrogen-bond acceptors (Lipinski definition) is 4. The summed E-state index contributed by atoms with van der Waals surface area (Å²) >= 11 is 12.0. The third-order valence-electron chi connectivity index (χ3n) is 4.85. The summed E-state index contributed by atoms with van der Waals surface area (Å²) in [6, 6.07) is 21.2. The SMILES string of the molecule is CCCC/C(=C\c1ccc(OC)cc1)CP(=O)(Oc1ccc(Cl)cc1)Oc1ccc(Cl)cc1. The highest BCUT2D eigenvalue weighted by molar-refractivity contribution is 7.55. The van der Waals surface area contributed by atoms with Crippen LogP contribution in [0.2, 0.25) is 10.0 Å². The Morgan fingerprint density at radius 2 is 1.30 bits per heavy atom. The number of methoxy groups -OCH3 is 1. The highest BCUT2D eigenvalue weighted by atomic mass is 35.5.